The molecule has 2 nitrogen and oxygen atoms in total. The quantitative estimate of drug-likeness (QED) is 0.191. The second-order valence-electron chi connectivity index (χ2n) is 9.33. The SMILES string of the molecule is CC(C)c1cccc(C(C)C)c1-n1[c-][n+](-c2c(C(C)C)cccc2C(C)C)cc1.[Cl][Cu+]. The molecule has 0 amide bonds. The van der Waals surface area contributed by atoms with Crippen molar-refractivity contribution in [2.75, 3.05) is 0 Å². The van der Waals surface area contributed by atoms with Crippen molar-refractivity contribution in [2.24, 2.45) is 0 Å². The Hall–Kier alpha value is -1.54. The van der Waals surface area contributed by atoms with E-state index in [0.717, 1.165) is 0 Å². The number of hydrogen-bond donors (Lipinski definition) is 0. The standard InChI is InChI=1S/C27H36N2.ClH.Cu/c1-18(2)22-11-9-12-23(19(3)4)26(22)28-15-16-29(17-28)27-24(20(5)6)13-10-14-25(27)21(7)8;;/h9-16,18-21H,1-8H3;1H;/q;;+2/p-1. The van der Waals surface area contributed by atoms with Gasteiger partial charge in [-0.15, -0.1) is 0 Å². The Bertz CT molecular complexity index is 856. The molecule has 0 aliphatic heterocycles. The summed E-state index contributed by atoms with van der Waals surface area (Å²) >= 11 is 3.66. The van der Waals surface area contributed by atoms with Crippen molar-refractivity contribution in [2.45, 2.75) is 79.1 Å². The van der Waals surface area contributed by atoms with E-state index < -0.39 is 0 Å². The Morgan fingerprint density at radius 2 is 1.10 bits per heavy atom. The number of nitrogens with zero attached hydrogens (tertiary/aromatic N) is 2. The predicted molar refractivity (Wildman–Crippen MR) is 128 cm³/mol. The summed E-state index contributed by atoms with van der Waals surface area (Å²) in [5.74, 6) is 1.84. The Morgan fingerprint density at radius 1 is 0.710 bits per heavy atom. The fraction of sp³-hybridized carbons (Fsp3) is 0.444. The van der Waals surface area contributed by atoms with Crippen LogP contribution in [0, 0.1) is 6.33 Å². The molecule has 0 N–H and O–H groups in total. The maximum absolute atomic E-state index is 4.20. The van der Waals surface area contributed by atoms with Crippen LogP contribution in [-0.2, 0) is 15.1 Å². The molecule has 0 unspecified atom stereocenters. The van der Waals surface area contributed by atoms with Crippen LogP contribution >= 0.6 is 10.1 Å². The van der Waals surface area contributed by atoms with Gasteiger partial charge in [-0.05, 0) is 45.9 Å². The molecule has 31 heavy (non-hydrogen) atoms. The van der Waals surface area contributed by atoms with E-state index in [0.29, 0.717) is 23.7 Å². The van der Waals surface area contributed by atoms with Crippen molar-refractivity contribution < 1.29 is 19.7 Å². The van der Waals surface area contributed by atoms with Crippen LogP contribution in [0.4, 0.5) is 0 Å². The first-order valence-electron chi connectivity index (χ1n) is 11.1. The summed E-state index contributed by atoms with van der Waals surface area (Å²) in [6.45, 7) is 18.2. The van der Waals surface area contributed by atoms with E-state index in [2.05, 4.69) is 145 Å². The van der Waals surface area contributed by atoms with Crippen LogP contribution in [0.3, 0.4) is 0 Å². The second-order valence-corrected chi connectivity index (χ2v) is 9.33. The molecular weight excluding hydrogens is 451 g/mol. The van der Waals surface area contributed by atoms with Gasteiger partial charge >= 0.3 is 25.2 Å². The van der Waals surface area contributed by atoms with E-state index >= 15 is 0 Å². The van der Waals surface area contributed by atoms with Crippen LogP contribution in [0.25, 0.3) is 11.4 Å². The summed E-state index contributed by atoms with van der Waals surface area (Å²) in [5.41, 5.74) is 8.05. The number of para-hydroxylation sites is 2. The predicted octanol–water partition coefficient (Wildman–Crippen LogP) is 7.73. The van der Waals surface area contributed by atoms with Crippen molar-refractivity contribution in [3.8, 4) is 11.4 Å². The van der Waals surface area contributed by atoms with E-state index in [1.807, 2.05) is 0 Å². The van der Waals surface area contributed by atoms with Crippen molar-refractivity contribution in [3.63, 3.8) is 0 Å². The zero-order valence-corrected chi connectivity index (χ0v) is 21.7. The molecule has 0 atom stereocenters. The molecule has 0 radical (unpaired) electrons. The summed E-state index contributed by atoms with van der Waals surface area (Å²) in [7, 11) is 4.20. The Balaban J connectivity index is 0.00000166. The number of halogens is 1. The van der Waals surface area contributed by atoms with Crippen molar-refractivity contribution in [3.05, 3.63) is 77.4 Å². The Labute approximate surface area is 201 Å². The van der Waals surface area contributed by atoms with E-state index in [4.69, 9.17) is 0 Å². The summed E-state index contributed by atoms with van der Waals surface area (Å²) in [6, 6.07) is 13.4. The average molecular weight is 488 g/mol. The van der Waals surface area contributed by atoms with Gasteiger partial charge in [0.25, 0.3) is 6.33 Å². The first-order valence-corrected chi connectivity index (χ1v) is 12.4. The molecular formula is C27H36ClCuN2+. The molecule has 0 bridgehead atoms. The molecule has 0 aliphatic rings. The van der Waals surface area contributed by atoms with Gasteiger partial charge in [0.05, 0.1) is 11.4 Å². The molecule has 0 saturated carbocycles. The number of benzene rings is 2. The molecule has 171 valence electrons. The van der Waals surface area contributed by atoms with Crippen LogP contribution in [0.2, 0.25) is 0 Å². The zero-order chi connectivity index (χ0) is 23.3. The third-order valence-electron chi connectivity index (χ3n) is 5.75. The van der Waals surface area contributed by atoms with E-state index in [1.54, 1.807) is 0 Å². The fourth-order valence-corrected chi connectivity index (χ4v) is 4.14. The molecule has 3 aromatic rings. The third kappa shape index (κ3) is 5.64. The van der Waals surface area contributed by atoms with Gasteiger partial charge in [0, 0.05) is 12.4 Å². The van der Waals surface area contributed by atoms with E-state index in [9.17, 15) is 0 Å². The second kappa shape index (κ2) is 11.4. The summed E-state index contributed by atoms with van der Waals surface area (Å²) in [5, 5.41) is 0. The molecule has 2 aromatic carbocycles. The van der Waals surface area contributed by atoms with Crippen LogP contribution in [0.1, 0.15) is 101 Å². The van der Waals surface area contributed by atoms with E-state index in [-0.39, 0.29) is 0 Å². The minimum absolute atomic E-state index is 0.460. The summed E-state index contributed by atoms with van der Waals surface area (Å²) in [4.78, 5) is 0. The molecule has 0 saturated heterocycles. The van der Waals surface area contributed by atoms with Gasteiger partial charge in [-0.2, -0.15) is 0 Å². The molecule has 0 aliphatic carbocycles. The van der Waals surface area contributed by atoms with Crippen LogP contribution < -0.4 is 4.57 Å². The van der Waals surface area contributed by atoms with Gasteiger partial charge in [0.2, 0.25) is 0 Å². The zero-order valence-electron chi connectivity index (χ0n) is 20.0. The van der Waals surface area contributed by atoms with Gasteiger partial charge < -0.3 is 0 Å². The van der Waals surface area contributed by atoms with Crippen LogP contribution in [0.5, 0.6) is 0 Å². The van der Waals surface area contributed by atoms with Gasteiger partial charge in [0.1, 0.15) is 0 Å². The number of hydrogen-bond acceptors (Lipinski definition) is 0. The first-order chi connectivity index (χ1) is 14.7. The summed E-state index contributed by atoms with van der Waals surface area (Å²) < 4.78 is 4.40. The minimum atomic E-state index is 0.460. The molecule has 1 heterocycles. The monoisotopic (exact) mass is 486 g/mol. The van der Waals surface area contributed by atoms with Crippen molar-refractivity contribution >= 4 is 10.1 Å². The molecule has 0 fully saturated rings. The number of rotatable bonds is 6. The Morgan fingerprint density at radius 3 is 1.48 bits per heavy atom. The first kappa shape index (κ1) is 25.7. The topological polar surface area (TPSA) is 8.81 Å². The summed E-state index contributed by atoms with van der Waals surface area (Å²) in [6.07, 6.45) is 7.98. The molecule has 4 heteroatoms. The van der Waals surface area contributed by atoms with Crippen molar-refractivity contribution in [1.82, 2.24) is 4.57 Å². The normalized spacial score (nSPS) is 11.5. The maximum atomic E-state index is 4.20. The van der Waals surface area contributed by atoms with Crippen LogP contribution in [0.15, 0.2) is 48.8 Å². The molecule has 3 rings (SSSR count). The number of imidazole rings is 1. The van der Waals surface area contributed by atoms with Crippen LogP contribution in [-0.4, -0.2) is 4.57 Å². The third-order valence-corrected chi connectivity index (χ3v) is 5.75. The average Bonchev–Trinajstić information content (AvgIpc) is 3.23. The Kier molecular flexibility index (Phi) is 9.43. The van der Waals surface area contributed by atoms with Crippen molar-refractivity contribution in [1.29, 1.82) is 0 Å². The van der Waals surface area contributed by atoms with E-state index in [1.165, 1.54) is 33.6 Å². The van der Waals surface area contributed by atoms with Gasteiger partial charge in [-0.25, -0.2) is 0 Å². The molecule has 1 aromatic heterocycles. The van der Waals surface area contributed by atoms with Gasteiger partial charge in [0.15, 0.2) is 0 Å². The van der Waals surface area contributed by atoms with Gasteiger partial charge in [-0.1, -0.05) is 91.8 Å². The fourth-order valence-electron chi connectivity index (χ4n) is 4.14. The molecule has 0 spiro atoms. The number of aromatic nitrogens is 2. The van der Waals surface area contributed by atoms with Gasteiger partial charge in [-0.3, -0.25) is 9.13 Å².